The zero-order chi connectivity index (χ0) is 16.8. The maximum Gasteiger partial charge on any atom is 0.285 e. The van der Waals surface area contributed by atoms with Crippen LogP contribution in [0, 0.1) is 20.2 Å². The Morgan fingerprint density at radius 2 is 1.83 bits per heavy atom. The molecule has 0 bridgehead atoms. The summed E-state index contributed by atoms with van der Waals surface area (Å²) in [6.45, 7) is 0. The van der Waals surface area contributed by atoms with E-state index in [1.807, 2.05) is 0 Å². The minimum absolute atomic E-state index is 0.0237. The molecule has 1 heterocycles. The van der Waals surface area contributed by atoms with E-state index in [1.54, 1.807) is 0 Å². The lowest BCUT2D eigenvalue weighted by Crippen LogP contribution is -2.17. The summed E-state index contributed by atoms with van der Waals surface area (Å²) in [5.41, 5.74) is 1.64. The van der Waals surface area contributed by atoms with E-state index < -0.39 is 27.1 Å². The molecule has 0 aliphatic carbocycles. The Labute approximate surface area is 128 Å². The maximum atomic E-state index is 11.7. The van der Waals surface area contributed by atoms with Gasteiger partial charge >= 0.3 is 0 Å². The molecular formula is C13H9N5O5. The average Bonchev–Trinajstić information content (AvgIpc) is 2.55. The van der Waals surface area contributed by atoms with Gasteiger partial charge in [-0.2, -0.15) is 5.10 Å². The highest BCUT2D eigenvalue weighted by Crippen LogP contribution is 2.23. The lowest BCUT2D eigenvalue weighted by Gasteiger charge is -1.99. The lowest BCUT2D eigenvalue weighted by atomic mass is 10.2. The first-order chi connectivity index (χ1) is 11.0. The second-order valence-corrected chi connectivity index (χ2v) is 4.19. The van der Waals surface area contributed by atoms with Crippen LogP contribution in [0.1, 0.15) is 15.9 Å². The van der Waals surface area contributed by atoms with Crippen LogP contribution in [-0.4, -0.2) is 27.0 Å². The van der Waals surface area contributed by atoms with Crippen molar-refractivity contribution in [1.82, 2.24) is 10.4 Å². The van der Waals surface area contributed by atoms with Gasteiger partial charge < -0.3 is 0 Å². The first-order valence-corrected chi connectivity index (χ1v) is 6.15. The van der Waals surface area contributed by atoms with Gasteiger partial charge in [-0.15, -0.1) is 0 Å². The highest BCUT2D eigenvalue weighted by Gasteiger charge is 2.18. The SMILES string of the molecule is O=C(NN=Cc1ccc([N+](=O)[O-])cc1[N+](=O)[O-])c1ccncc1. The van der Waals surface area contributed by atoms with Crippen molar-refractivity contribution in [2.75, 3.05) is 0 Å². The summed E-state index contributed by atoms with van der Waals surface area (Å²) < 4.78 is 0. The fourth-order valence-electron chi connectivity index (χ4n) is 1.64. The highest BCUT2D eigenvalue weighted by atomic mass is 16.6. The predicted molar refractivity (Wildman–Crippen MR) is 79.0 cm³/mol. The zero-order valence-electron chi connectivity index (χ0n) is 11.4. The smallest absolute Gasteiger partial charge is 0.267 e. The Morgan fingerprint density at radius 1 is 1.13 bits per heavy atom. The van der Waals surface area contributed by atoms with Gasteiger partial charge in [0.25, 0.3) is 17.3 Å². The number of hydrogen-bond acceptors (Lipinski definition) is 7. The summed E-state index contributed by atoms with van der Waals surface area (Å²) >= 11 is 0. The van der Waals surface area contributed by atoms with E-state index in [0.717, 1.165) is 18.3 Å². The second-order valence-electron chi connectivity index (χ2n) is 4.19. The molecule has 1 aromatic carbocycles. The van der Waals surface area contributed by atoms with Crippen molar-refractivity contribution in [2.45, 2.75) is 0 Å². The molecule has 1 amide bonds. The number of amides is 1. The van der Waals surface area contributed by atoms with Gasteiger partial charge in [-0.25, -0.2) is 5.43 Å². The molecule has 2 aromatic rings. The molecule has 0 aliphatic heterocycles. The summed E-state index contributed by atoms with van der Waals surface area (Å²) in [4.78, 5) is 35.6. The van der Waals surface area contributed by atoms with Crippen LogP contribution in [0.2, 0.25) is 0 Å². The molecule has 116 valence electrons. The molecular weight excluding hydrogens is 306 g/mol. The molecule has 0 saturated carbocycles. The number of nitro groups is 2. The Hall–Kier alpha value is -3.69. The molecule has 10 heteroatoms. The molecule has 0 unspecified atom stereocenters. The van der Waals surface area contributed by atoms with Crippen molar-refractivity contribution in [3.63, 3.8) is 0 Å². The number of hydrazone groups is 1. The summed E-state index contributed by atoms with van der Waals surface area (Å²) in [5, 5.41) is 25.2. The second kappa shape index (κ2) is 6.85. The number of non-ortho nitro benzene ring substituents is 1. The Morgan fingerprint density at radius 3 is 2.43 bits per heavy atom. The van der Waals surface area contributed by atoms with Crippen LogP contribution in [0.25, 0.3) is 0 Å². The third kappa shape index (κ3) is 3.91. The summed E-state index contributed by atoms with van der Waals surface area (Å²) in [7, 11) is 0. The zero-order valence-corrected chi connectivity index (χ0v) is 11.4. The number of hydrogen-bond donors (Lipinski definition) is 1. The lowest BCUT2D eigenvalue weighted by molar-refractivity contribution is -0.394. The van der Waals surface area contributed by atoms with Crippen LogP contribution >= 0.6 is 0 Å². The molecule has 2 rings (SSSR count). The number of aromatic nitrogens is 1. The molecule has 0 aliphatic rings. The maximum absolute atomic E-state index is 11.7. The van der Waals surface area contributed by atoms with E-state index >= 15 is 0 Å². The topological polar surface area (TPSA) is 141 Å². The quantitative estimate of drug-likeness (QED) is 0.505. The van der Waals surface area contributed by atoms with E-state index in [1.165, 1.54) is 30.6 Å². The number of carbonyl (C=O) groups is 1. The number of nitro benzene ring substituents is 2. The van der Waals surface area contributed by atoms with E-state index in [-0.39, 0.29) is 5.56 Å². The summed E-state index contributed by atoms with van der Waals surface area (Å²) in [5.74, 6) is -0.520. The van der Waals surface area contributed by atoms with Crippen LogP contribution < -0.4 is 5.43 Å². The van der Waals surface area contributed by atoms with Crippen molar-refractivity contribution in [1.29, 1.82) is 0 Å². The van der Waals surface area contributed by atoms with Crippen LogP contribution in [0.4, 0.5) is 11.4 Å². The first kappa shape index (κ1) is 15.7. The molecule has 0 fully saturated rings. The largest absolute Gasteiger partial charge is 0.285 e. The Balaban J connectivity index is 2.17. The molecule has 23 heavy (non-hydrogen) atoms. The van der Waals surface area contributed by atoms with Gasteiger partial charge in [0.1, 0.15) is 0 Å². The van der Waals surface area contributed by atoms with Crippen molar-refractivity contribution in [3.05, 3.63) is 74.1 Å². The van der Waals surface area contributed by atoms with Gasteiger partial charge in [-0.05, 0) is 18.2 Å². The third-order valence-electron chi connectivity index (χ3n) is 2.73. The fraction of sp³-hybridized carbons (Fsp3) is 0. The molecule has 0 atom stereocenters. The van der Waals surface area contributed by atoms with Crippen LogP contribution in [-0.2, 0) is 0 Å². The number of nitrogens with zero attached hydrogens (tertiary/aromatic N) is 4. The minimum Gasteiger partial charge on any atom is -0.267 e. The number of rotatable bonds is 5. The van der Waals surface area contributed by atoms with Gasteiger partial charge in [0.15, 0.2) is 0 Å². The Bertz CT molecular complexity index is 791. The van der Waals surface area contributed by atoms with Gasteiger partial charge in [0.2, 0.25) is 0 Å². The molecule has 0 spiro atoms. The minimum atomic E-state index is -0.765. The van der Waals surface area contributed by atoms with Crippen molar-refractivity contribution in [3.8, 4) is 0 Å². The normalized spacial score (nSPS) is 10.4. The van der Waals surface area contributed by atoms with Crippen LogP contribution in [0.3, 0.4) is 0 Å². The molecule has 0 radical (unpaired) electrons. The molecule has 10 nitrogen and oxygen atoms in total. The van der Waals surface area contributed by atoms with Crippen LogP contribution in [0.5, 0.6) is 0 Å². The number of nitrogens with one attached hydrogen (secondary N) is 1. The summed E-state index contributed by atoms with van der Waals surface area (Å²) in [6, 6.07) is 6.06. The first-order valence-electron chi connectivity index (χ1n) is 6.15. The van der Waals surface area contributed by atoms with Crippen molar-refractivity contribution in [2.24, 2.45) is 5.10 Å². The predicted octanol–water partition coefficient (Wildman–Crippen LogP) is 1.66. The van der Waals surface area contributed by atoms with Gasteiger partial charge in [0.05, 0.1) is 27.7 Å². The Kier molecular flexibility index (Phi) is 4.67. The fourth-order valence-corrected chi connectivity index (χ4v) is 1.64. The molecule has 1 aromatic heterocycles. The van der Waals surface area contributed by atoms with E-state index in [0.29, 0.717) is 5.56 Å². The molecule has 0 saturated heterocycles. The van der Waals surface area contributed by atoms with Gasteiger partial charge in [-0.1, -0.05) is 0 Å². The van der Waals surface area contributed by atoms with Crippen molar-refractivity contribution < 1.29 is 14.6 Å². The highest BCUT2D eigenvalue weighted by molar-refractivity contribution is 5.95. The monoisotopic (exact) mass is 315 g/mol. The van der Waals surface area contributed by atoms with E-state index in [9.17, 15) is 25.0 Å². The average molecular weight is 315 g/mol. The number of benzene rings is 1. The van der Waals surface area contributed by atoms with Gasteiger partial charge in [0, 0.05) is 24.0 Å². The van der Waals surface area contributed by atoms with Crippen molar-refractivity contribution >= 4 is 23.5 Å². The van der Waals surface area contributed by atoms with Gasteiger partial charge in [-0.3, -0.25) is 30.0 Å². The van der Waals surface area contributed by atoms with E-state index in [2.05, 4.69) is 15.5 Å². The number of pyridine rings is 1. The summed E-state index contributed by atoms with van der Waals surface area (Å²) in [6.07, 6.45) is 3.90. The van der Waals surface area contributed by atoms with Crippen LogP contribution in [0.15, 0.2) is 47.8 Å². The number of carbonyl (C=O) groups excluding carboxylic acids is 1. The van der Waals surface area contributed by atoms with E-state index in [4.69, 9.17) is 0 Å². The molecule has 1 N–H and O–H groups in total. The third-order valence-corrected chi connectivity index (χ3v) is 2.73. The standard InChI is InChI=1S/C13H9N5O5/c19-13(9-3-5-14-6-4-9)16-15-8-10-1-2-11(17(20)21)7-12(10)18(22)23/h1-8H,(H,16,19).